The molecule has 3 N–H and O–H groups in total. The lowest BCUT2D eigenvalue weighted by molar-refractivity contribution is 0.420. The predicted molar refractivity (Wildman–Crippen MR) is 88.5 cm³/mol. The molecule has 1 unspecified atom stereocenters. The van der Waals surface area contributed by atoms with Crippen LogP contribution in [0, 0.1) is 5.92 Å². The van der Waals surface area contributed by atoms with Crippen LogP contribution in [0.2, 0.25) is 5.02 Å². The maximum atomic E-state index is 6.26. The second kappa shape index (κ2) is 6.34. The Morgan fingerprint density at radius 3 is 3.10 bits per heavy atom. The number of rotatable bonds is 3. The molecule has 0 radical (unpaired) electrons. The Balaban J connectivity index is 1.83. The highest BCUT2D eigenvalue weighted by atomic mass is 79.9. The molecule has 21 heavy (non-hydrogen) atoms. The van der Waals surface area contributed by atoms with Crippen molar-refractivity contribution in [3.8, 4) is 11.4 Å². The van der Waals surface area contributed by atoms with E-state index in [1.165, 1.54) is 6.42 Å². The molecular formula is C14H17BrClN5. The van der Waals surface area contributed by atoms with Crippen LogP contribution in [-0.2, 0) is 0 Å². The normalized spacial score (nSPS) is 19.0. The zero-order chi connectivity index (χ0) is 14.8. The first-order valence-corrected chi connectivity index (χ1v) is 8.17. The van der Waals surface area contributed by atoms with E-state index in [2.05, 4.69) is 36.0 Å². The van der Waals surface area contributed by atoms with E-state index < -0.39 is 0 Å². The van der Waals surface area contributed by atoms with Crippen molar-refractivity contribution in [3.63, 3.8) is 0 Å². The molecular weight excluding hydrogens is 354 g/mol. The summed E-state index contributed by atoms with van der Waals surface area (Å²) < 4.78 is 0.942. The summed E-state index contributed by atoms with van der Waals surface area (Å²) in [5, 5.41) is 7.95. The predicted octanol–water partition coefficient (Wildman–Crippen LogP) is 3.06. The summed E-state index contributed by atoms with van der Waals surface area (Å²) >= 11 is 9.66. The molecule has 0 bridgehead atoms. The van der Waals surface area contributed by atoms with E-state index in [0.29, 0.717) is 23.3 Å². The molecule has 2 heterocycles. The maximum Gasteiger partial charge on any atom is 0.245 e. The van der Waals surface area contributed by atoms with Crippen molar-refractivity contribution < 1.29 is 0 Å². The van der Waals surface area contributed by atoms with Crippen molar-refractivity contribution in [1.29, 1.82) is 0 Å². The van der Waals surface area contributed by atoms with Gasteiger partial charge in [-0.3, -0.25) is 5.10 Å². The molecule has 7 heteroatoms. The number of aromatic amines is 1. The van der Waals surface area contributed by atoms with E-state index >= 15 is 0 Å². The van der Waals surface area contributed by atoms with Crippen molar-refractivity contribution in [2.24, 2.45) is 11.7 Å². The molecule has 0 amide bonds. The molecule has 1 fully saturated rings. The first-order chi connectivity index (χ1) is 10.2. The molecule has 1 aliphatic heterocycles. The lowest BCUT2D eigenvalue weighted by atomic mass is 9.99. The smallest absolute Gasteiger partial charge is 0.245 e. The molecule has 1 atom stereocenters. The van der Waals surface area contributed by atoms with Gasteiger partial charge >= 0.3 is 0 Å². The van der Waals surface area contributed by atoms with Crippen molar-refractivity contribution >= 4 is 33.5 Å². The molecule has 0 saturated carbocycles. The third-order valence-corrected chi connectivity index (χ3v) is 4.60. The van der Waals surface area contributed by atoms with Crippen LogP contribution in [0.1, 0.15) is 12.8 Å². The highest BCUT2D eigenvalue weighted by molar-refractivity contribution is 9.10. The van der Waals surface area contributed by atoms with Gasteiger partial charge in [-0.25, -0.2) is 0 Å². The number of aromatic nitrogens is 3. The molecule has 112 valence electrons. The zero-order valence-electron chi connectivity index (χ0n) is 11.5. The van der Waals surface area contributed by atoms with E-state index in [-0.39, 0.29) is 0 Å². The monoisotopic (exact) mass is 369 g/mol. The number of hydrogen-bond donors (Lipinski definition) is 2. The average molecular weight is 371 g/mol. The van der Waals surface area contributed by atoms with E-state index in [0.717, 1.165) is 35.5 Å². The fourth-order valence-corrected chi connectivity index (χ4v) is 3.40. The van der Waals surface area contributed by atoms with Crippen LogP contribution < -0.4 is 10.6 Å². The third kappa shape index (κ3) is 3.22. The molecule has 5 nitrogen and oxygen atoms in total. The van der Waals surface area contributed by atoms with Crippen molar-refractivity contribution in [1.82, 2.24) is 15.2 Å². The van der Waals surface area contributed by atoms with E-state index in [4.69, 9.17) is 17.3 Å². The molecule has 0 spiro atoms. The minimum atomic E-state index is 0.525. The minimum Gasteiger partial charge on any atom is -0.339 e. The summed E-state index contributed by atoms with van der Waals surface area (Å²) in [7, 11) is 0. The highest BCUT2D eigenvalue weighted by Gasteiger charge is 2.22. The lowest BCUT2D eigenvalue weighted by Crippen LogP contribution is -2.38. The summed E-state index contributed by atoms with van der Waals surface area (Å²) in [6.45, 7) is 2.61. The van der Waals surface area contributed by atoms with Gasteiger partial charge in [0.1, 0.15) is 0 Å². The Morgan fingerprint density at radius 1 is 1.48 bits per heavy atom. The van der Waals surface area contributed by atoms with E-state index in [1.807, 2.05) is 18.2 Å². The number of H-pyrrole nitrogens is 1. The van der Waals surface area contributed by atoms with Crippen molar-refractivity contribution in [3.05, 3.63) is 27.7 Å². The van der Waals surface area contributed by atoms with Gasteiger partial charge in [0.05, 0.1) is 5.02 Å². The molecule has 2 aromatic rings. The van der Waals surface area contributed by atoms with Gasteiger partial charge in [0, 0.05) is 23.1 Å². The Labute approximate surface area is 137 Å². The Bertz CT molecular complexity index is 630. The summed E-state index contributed by atoms with van der Waals surface area (Å²) in [4.78, 5) is 6.77. The number of nitrogens with one attached hydrogen (secondary N) is 1. The maximum absolute atomic E-state index is 6.26. The van der Waals surface area contributed by atoms with Gasteiger partial charge < -0.3 is 10.6 Å². The topological polar surface area (TPSA) is 70.8 Å². The van der Waals surface area contributed by atoms with Gasteiger partial charge in [-0.1, -0.05) is 27.5 Å². The van der Waals surface area contributed by atoms with Crippen LogP contribution in [0.25, 0.3) is 11.4 Å². The summed E-state index contributed by atoms with van der Waals surface area (Å²) in [5.74, 6) is 1.94. The fourth-order valence-electron chi connectivity index (χ4n) is 2.64. The standard InChI is InChI=1S/C14H17BrClN5/c15-10-3-4-11(12(16)6-10)13-18-14(20-19-13)21-5-1-2-9(7-17)8-21/h3-4,6,9H,1-2,5,7-8,17H2,(H,18,19,20). The van der Waals surface area contributed by atoms with Crippen LogP contribution >= 0.6 is 27.5 Å². The first kappa shape index (κ1) is 14.8. The van der Waals surface area contributed by atoms with E-state index in [1.54, 1.807) is 0 Å². The number of nitrogens with two attached hydrogens (primary N) is 1. The fraction of sp³-hybridized carbons (Fsp3) is 0.429. The number of halogens is 2. The second-order valence-electron chi connectivity index (χ2n) is 5.30. The number of piperidine rings is 1. The van der Waals surface area contributed by atoms with Gasteiger partial charge in [-0.15, -0.1) is 5.10 Å². The van der Waals surface area contributed by atoms with Gasteiger partial charge in [-0.05, 0) is 43.5 Å². The van der Waals surface area contributed by atoms with Crippen LogP contribution in [0.5, 0.6) is 0 Å². The molecule has 1 saturated heterocycles. The lowest BCUT2D eigenvalue weighted by Gasteiger charge is -2.31. The summed E-state index contributed by atoms with van der Waals surface area (Å²) in [6.07, 6.45) is 2.31. The Hall–Kier alpha value is -1.11. The first-order valence-electron chi connectivity index (χ1n) is 7.00. The summed E-state index contributed by atoms with van der Waals surface area (Å²) in [5.41, 5.74) is 6.63. The number of anilines is 1. The average Bonchev–Trinajstić information content (AvgIpc) is 2.97. The quantitative estimate of drug-likeness (QED) is 0.871. The van der Waals surface area contributed by atoms with Gasteiger partial charge in [0.25, 0.3) is 0 Å². The minimum absolute atomic E-state index is 0.525. The number of nitrogens with zero attached hydrogens (tertiary/aromatic N) is 3. The highest BCUT2D eigenvalue weighted by Crippen LogP contribution is 2.29. The van der Waals surface area contributed by atoms with E-state index in [9.17, 15) is 0 Å². The number of hydrogen-bond acceptors (Lipinski definition) is 4. The Kier molecular flexibility index (Phi) is 4.47. The molecule has 1 aliphatic rings. The van der Waals surface area contributed by atoms with Crippen LogP contribution in [0.15, 0.2) is 22.7 Å². The molecule has 0 aliphatic carbocycles. The van der Waals surface area contributed by atoms with Gasteiger partial charge in [0.15, 0.2) is 5.82 Å². The molecule has 1 aromatic carbocycles. The molecule has 3 rings (SSSR count). The van der Waals surface area contributed by atoms with Crippen molar-refractivity contribution in [2.75, 3.05) is 24.5 Å². The second-order valence-corrected chi connectivity index (χ2v) is 6.62. The SMILES string of the molecule is NCC1CCCN(c2n[nH]c(-c3ccc(Br)cc3Cl)n2)C1. The third-order valence-electron chi connectivity index (χ3n) is 3.80. The summed E-state index contributed by atoms with van der Waals surface area (Å²) in [6, 6.07) is 5.72. The van der Waals surface area contributed by atoms with Crippen molar-refractivity contribution in [2.45, 2.75) is 12.8 Å². The zero-order valence-corrected chi connectivity index (χ0v) is 13.9. The molecule has 1 aromatic heterocycles. The Morgan fingerprint density at radius 2 is 2.33 bits per heavy atom. The van der Waals surface area contributed by atoms with Crippen LogP contribution in [0.3, 0.4) is 0 Å². The van der Waals surface area contributed by atoms with Crippen LogP contribution in [0.4, 0.5) is 5.95 Å². The largest absolute Gasteiger partial charge is 0.339 e. The van der Waals surface area contributed by atoms with Gasteiger partial charge in [0.2, 0.25) is 5.95 Å². The number of benzene rings is 1. The van der Waals surface area contributed by atoms with Gasteiger partial charge in [-0.2, -0.15) is 4.98 Å². The van der Waals surface area contributed by atoms with Crippen LogP contribution in [-0.4, -0.2) is 34.8 Å².